The third-order valence-corrected chi connectivity index (χ3v) is 5.44. The van der Waals surface area contributed by atoms with Gasteiger partial charge in [0.15, 0.2) is 0 Å². The second-order valence-electron chi connectivity index (χ2n) is 7.24. The highest BCUT2D eigenvalue weighted by atomic mass is 32.2. The number of carboxylic acids is 1. The molecule has 150 valence electrons. The Kier molecular flexibility index (Phi) is 5.51. The Morgan fingerprint density at radius 3 is 2.54 bits per heavy atom. The first-order chi connectivity index (χ1) is 13.1. The van der Waals surface area contributed by atoms with Crippen molar-refractivity contribution in [3.8, 4) is 0 Å². The molecule has 0 amide bonds. The van der Waals surface area contributed by atoms with Gasteiger partial charge in [0.2, 0.25) is 10.0 Å². The minimum absolute atomic E-state index is 0.0878. The quantitative estimate of drug-likeness (QED) is 0.798. The van der Waals surface area contributed by atoms with Crippen LogP contribution in [0.1, 0.15) is 22.8 Å². The van der Waals surface area contributed by atoms with Gasteiger partial charge in [0.25, 0.3) is 0 Å². The van der Waals surface area contributed by atoms with E-state index < -0.39 is 16.0 Å². The summed E-state index contributed by atoms with van der Waals surface area (Å²) in [5.41, 5.74) is 3.30. The molecule has 0 aliphatic carbocycles. The Balaban J connectivity index is 1.83. The predicted octanol–water partition coefficient (Wildman–Crippen LogP) is 2.78. The van der Waals surface area contributed by atoms with Crippen LogP contribution < -0.4 is 14.5 Å². The lowest BCUT2D eigenvalue weighted by molar-refractivity contribution is 0.0697. The van der Waals surface area contributed by atoms with Gasteiger partial charge in [-0.15, -0.1) is 0 Å². The van der Waals surface area contributed by atoms with E-state index in [1.54, 1.807) is 12.1 Å². The number of piperazine rings is 1. The predicted molar refractivity (Wildman–Crippen MR) is 112 cm³/mol. The van der Waals surface area contributed by atoms with E-state index >= 15 is 0 Å². The molecular weight excluding hydrogens is 378 g/mol. The summed E-state index contributed by atoms with van der Waals surface area (Å²) in [6, 6.07) is 13.2. The van der Waals surface area contributed by atoms with E-state index in [9.17, 15) is 18.3 Å². The van der Waals surface area contributed by atoms with Crippen molar-refractivity contribution in [1.29, 1.82) is 0 Å². The molecule has 0 saturated carbocycles. The molecule has 2 N–H and O–H groups in total. The fourth-order valence-corrected chi connectivity index (χ4v) is 4.18. The van der Waals surface area contributed by atoms with Gasteiger partial charge in [0, 0.05) is 37.1 Å². The number of nitrogens with zero attached hydrogens (tertiary/aromatic N) is 2. The van der Waals surface area contributed by atoms with E-state index in [4.69, 9.17) is 0 Å². The van der Waals surface area contributed by atoms with Gasteiger partial charge in [-0.05, 0) is 49.7 Å². The maximum Gasteiger partial charge on any atom is 0.337 e. The number of anilines is 3. The van der Waals surface area contributed by atoms with Crippen molar-refractivity contribution in [2.45, 2.75) is 19.9 Å². The standard InChI is InChI=1S/C20H25N3O4S/c1-14-5-4-6-17(11-14)23-10-9-22(13-15(23)2)19-8-7-16(21-28(3,26)27)12-18(19)20(24)25/h4-8,11-12,15,21H,9-10,13H2,1-3H3,(H,24,25)/t15-/m0/s1. The van der Waals surface area contributed by atoms with Gasteiger partial charge in [0.1, 0.15) is 0 Å². The van der Waals surface area contributed by atoms with Crippen molar-refractivity contribution in [3.63, 3.8) is 0 Å². The molecule has 1 fully saturated rings. The van der Waals surface area contributed by atoms with Gasteiger partial charge in [-0.2, -0.15) is 0 Å². The third-order valence-electron chi connectivity index (χ3n) is 4.83. The lowest BCUT2D eigenvalue weighted by atomic mass is 10.1. The number of carbonyl (C=O) groups is 1. The number of hydrogen-bond donors (Lipinski definition) is 2. The maximum atomic E-state index is 11.8. The molecule has 0 radical (unpaired) electrons. The average molecular weight is 404 g/mol. The van der Waals surface area contributed by atoms with Crippen LogP contribution in [0.3, 0.4) is 0 Å². The second-order valence-corrected chi connectivity index (χ2v) is 8.99. The molecule has 1 aliphatic heterocycles. The fourth-order valence-electron chi connectivity index (χ4n) is 3.63. The first kappa shape index (κ1) is 20.0. The fraction of sp³-hybridized carbons (Fsp3) is 0.350. The second kappa shape index (κ2) is 7.71. The normalized spacial score (nSPS) is 17.5. The van der Waals surface area contributed by atoms with E-state index in [1.807, 2.05) is 11.0 Å². The Hall–Kier alpha value is -2.74. The highest BCUT2D eigenvalue weighted by molar-refractivity contribution is 7.92. The van der Waals surface area contributed by atoms with Crippen molar-refractivity contribution >= 4 is 33.1 Å². The van der Waals surface area contributed by atoms with Crippen molar-refractivity contribution in [2.75, 3.05) is 40.4 Å². The zero-order chi connectivity index (χ0) is 20.5. The van der Waals surface area contributed by atoms with Crippen molar-refractivity contribution in [3.05, 3.63) is 53.6 Å². The monoisotopic (exact) mass is 403 g/mol. The number of hydrogen-bond acceptors (Lipinski definition) is 5. The number of aromatic carboxylic acids is 1. The Labute approximate surface area is 165 Å². The number of sulfonamides is 1. The van der Waals surface area contributed by atoms with Crippen LogP contribution in [0.4, 0.5) is 17.1 Å². The number of rotatable bonds is 5. The van der Waals surface area contributed by atoms with Gasteiger partial charge in [-0.3, -0.25) is 4.72 Å². The molecule has 7 nitrogen and oxygen atoms in total. The number of nitrogens with one attached hydrogen (secondary N) is 1. The first-order valence-electron chi connectivity index (χ1n) is 9.07. The average Bonchev–Trinajstić information content (AvgIpc) is 2.60. The molecular formula is C20H25N3O4S. The smallest absolute Gasteiger partial charge is 0.337 e. The maximum absolute atomic E-state index is 11.8. The minimum atomic E-state index is -3.47. The summed E-state index contributed by atoms with van der Waals surface area (Å²) >= 11 is 0. The van der Waals surface area contributed by atoms with E-state index in [1.165, 1.54) is 17.3 Å². The summed E-state index contributed by atoms with van der Waals surface area (Å²) in [4.78, 5) is 16.1. The van der Waals surface area contributed by atoms with Crippen LogP contribution in [-0.2, 0) is 10.0 Å². The van der Waals surface area contributed by atoms with Crippen molar-refractivity contribution in [2.24, 2.45) is 0 Å². The third kappa shape index (κ3) is 4.56. The zero-order valence-electron chi connectivity index (χ0n) is 16.2. The molecule has 0 aromatic heterocycles. The molecule has 1 heterocycles. The summed E-state index contributed by atoms with van der Waals surface area (Å²) in [6.45, 7) is 6.31. The summed E-state index contributed by atoms with van der Waals surface area (Å²) in [5, 5.41) is 9.63. The Morgan fingerprint density at radius 1 is 1.18 bits per heavy atom. The van der Waals surface area contributed by atoms with Crippen LogP contribution in [-0.4, -0.2) is 51.4 Å². The summed E-state index contributed by atoms with van der Waals surface area (Å²) in [5.74, 6) is -1.08. The van der Waals surface area contributed by atoms with Gasteiger partial charge in [-0.1, -0.05) is 12.1 Å². The largest absolute Gasteiger partial charge is 0.478 e. The van der Waals surface area contributed by atoms with Gasteiger partial charge in [0.05, 0.1) is 17.5 Å². The number of carboxylic acid groups (broad SMARTS) is 1. The zero-order valence-corrected chi connectivity index (χ0v) is 17.0. The van der Waals surface area contributed by atoms with Crippen LogP contribution in [0.5, 0.6) is 0 Å². The molecule has 2 aromatic carbocycles. The SMILES string of the molecule is Cc1cccc(N2CCN(c3ccc(NS(C)(=O)=O)cc3C(=O)O)C[C@@H]2C)c1. The van der Waals surface area contributed by atoms with Crippen LogP contribution in [0.15, 0.2) is 42.5 Å². The first-order valence-corrected chi connectivity index (χ1v) is 11.0. The molecule has 2 aromatic rings. The summed E-state index contributed by atoms with van der Waals surface area (Å²) in [7, 11) is -3.47. The van der Waals surface area contributed by atoms with Crippen LogP contribution in [0.25, 0.3) is 0 Å². The molecule has 1 saturated heterocycles. The topological polar surface area (TPSA) is 90.0 Å². The molecule has 28 heavy (non-hydrogen) atoms. The van der Waals surface area contributed by atoms with Gasteiger partial charge in [-0.25, -0.2) is 13.2 Å². The van der Waals surface area contributed by atoms with E-state index in [-0.39, 0.29) is 17.3 Å². The number of benzene rings is 2. The Morgan fingerprint density at radius 2 is 1.93 bits per heavy atom. The molecule has 3 rings (SSSR count). The van der Waals surface area contributed by atoms with E-state index in [0.717, 1.165) is 12.8 Å². The summed E-state index contributed by atoms with van der Waals surface area (Å²) in [6.07, 6.45) is 1.04. The van der Waals surface area contributed by atoms with Crippen molar-refractivity contribution < 1.29 is 18.3 Å². The molecule has 0 bridgehead atoms. The van der Waals surface area contributed by atoms with E-state index in [2.05, 4.69) is 41.7 Å². The molecule has 0 unspecified atom stereocenters. The highest BCUT2D eigenvalue weighted by Crippen LogP contribution is 2.29. The lowest BCUT2D eigenvalue weighted by Crippen LogP contribution is -2.52. The van der Waals surface area contributed by atoms with Crippen molar-refractivity contribution in [1.82, 2.24) is 0 Å². The lowest BCUT2D eigenvalue weighted by Gasteiger charge is -2.42. The minimum Gasteiger partial charge on any atom is -0.478 e. The summed E-state index contributed by atoms with van der Waals surface area (Å²) < 4.78 is 25.2. The Bertz CT molecular complexity index is 991. The van der Waals surface area contributed by atoms with Gasteiger partial charge < -0.3 is 14.9 Å². The van der Waals surface area contributed by atoms with Crippen LogP contribution >= 0.6 is 0 Å². The number of aryl methyl sites for hydroxylation is 1. The highest BCUT2D eigenvalue weighted by Gasteiger charge is 2.27. The molecule has 0 spiro atoms. The molecule has 8 heteroatoms. The van der Waals surface area contributed by atoms with E-state index in [0.29, 0.717) is 18.8 Å². The van der Waals surface area contributed by atoms with Crippen LogP contribution in [0, 0.1) is 6.92 Å². The molecule has 1 aliphatic rings. The molecule has 1 atom stereocenters. The van der Waals surface area contributed by atoms with Crippen LogP contribution in [0.2, 0.25) is 0 Å². The van der Waals surface area contributed by atoms with Gasteiger partial charge >= 0.3 is 5.97 Å².